The zero-order valence-electron chi connectivity index (χ0n) is 10.2. The Morgan fingerprint density at radius 1 is 1.56 bits per heavy atom. The van der Waals surface area contributed by atoms with Crippen LogP contribution in [0.2, 0.25) is 0 Å². The smallest absolute Gasteiger partial charge is 0.298 e. The molecule has 0 atom stereocenters. The minimum atomic E-state index is -0.446. The van der Waals surface area contributed by atoms with E-state index in [0.717, 1.165) is 13.1 Å². The second kappa shape index (κ2) is 5.01. The molecule has 1 heterocycles. The number of anilines is 1. The maximum absolute atomic E-state index is 10.7. The summed E-state index contributed by atoms with van der Waals surface area (Å²) in [5, 5.41) is 13.7. The van der Waals surface area contributed by atoms with Crippen LogP contribution in [0.3, 0.4) is 0 Å². The second-order valence-electron chi connectivity index (χ2n) is 3.93. The maximum atomic E-state index is 10.7. The molecule has 2 aromatic rings. The van der Waals surface area contributed by atoms with E-state index in [-0.39, 0.29) is 5.69 Å². The first-order chi connectivity index (χ1) is 8.61. The van der Waals surface area contributed by atoms with Crippen molar-refractivity contribution >= 4 is 22.8 Å². The summed E-state index contributed by atoms with van der Waals surface area (Å²) < 4.78 is 5.53. The lowest BCUT2D eigenvalue weighted by Gasteiger charge is -2.13. The molecule has 0 radical (unpaired) electrons. The summed E-state index contributed by atoms with van der Waals surface area (Å²) in [4.78, 5) is 16.3. The van der Waals surface area contributed by atoms with Crippen molar-refractivity contribution in [3.63, 3.8) is 0 Å². The van der Waals surface area contributed by atoms with E-state index in [2.05, 4.69) is 10.3 Å². The van der Waals surface area contributed by atoms with E-state index < -0.39 is 4.92 Å². The van der Waals surface area contributed by atoms with Crippen LogP contribution < -0.4 is 10.2 Å². The van der Waals surface area contributed by atoms with Crippen LogP contribution in [0.1, 0.15) is 0 Å². The van der Waals surface area contributed by atoms with Crippen molar-refractivity contribution in [1.82, 2.24) is 10.3 Å². The number of non-ortho nitro benzene ring substituents is 1. The number of aromatic nitrogens is 1. The first-order valence-corrected chi connectivity index (χ1v) is 5.52. The number of hydrogen-bond donors (Lipinski definition) is 1. The van der Waals surface area contributed by atoms with Crippen LogP contribution in [0.4, 0.5) is 11.7 Å². The number of nitrogens with zero attached hydrogens (tertiary/aromatic N) is 3. The number of oxazole rings is 1. The topological polar surface area (TPSA) is 84.4 Å². The van der Waals surface area contributed by atoms with E-state index in [9.17, 15) is 10.1 Å². The number of nitro groups is 1. The normalized spacial score (nSPS) is 10.8. The minimum absolute atomic E-state index is 0.0141. The van der Waals surface area contributed by atoms with Gasteiger partial charge in [-0.25, -0.2) is 0 Å². The van der Waals surface area contributed by atoms with Crippen LogP contribution in [0.5, 0.6) is 0 Å². The predicted molar refractivity (Wildman–Crippen MR) is 67.9 cm³/mol. The van der Waals surface area contributed by atoms with E-state index >= 15 is 0 Å². The number of benzene rings is 1. The van der Waals surface area contributed by atoms with Crippen molar-refractivity contribution in [3.8, 4) is 0 Å². The van der Waals surface area contributed by atoms with Crippen molar-refractivity contribution in [2.24, 2.45) is 0 Å². The Morgan fingerprint density at radius 2 is 2.33 bits per heavy atom. The summed E-state index contributed by atoms with van der Waals surface area (Å²) >= 11 is 0. The Morgan fingerprint density at radius 3 is 3.00 bits per heavy atom. The number of nitrogens with one attached hydrogen (secondary N) is 1. The molecule has 0 saturated heterocycles. The van der Waals surface area contributed by atoms with Gasteiger partial charge < -0.3 is 14.6 Å². The summed E-state index contributed by atoms with van der Waals surface area (Å²) in [5.41, 5.74) is 1.06. The van der Waals surface area contributed by atoms with Crippen LogP contribution in [-0.4, -0.2) is 37.1 Å². The first-order valence-electron chi connectivity index (χ1n) is 5.52. The predicted octanol–water partition coefficient (Wildman–Crippen LogP) is 1.39. The van der Waals surface area contributed by atoms with Gasteiger partial charge >= 0.3 is 0 Å². The Kier molecular flexibility index (Phi) is 3.42. The van der Waals surface area contributed by atoms with Crippen molar-refractivity contribution in [2.45, 2.75) is 0 Å². The molecular formula is C11H14N4O3. The highest BCUT2D eigenvalue weighted by Crippen LogP contribution is 2.24. The fraction of sp³-hybridized carbons (Fsp3) is 0.364. The zero-order valence-corrected chi connectivity index (χ0v) is 10.2. The molecule has 7 nitrogen and oxygen atoms in total. The average molecular weight is 250 g/mol. The molecule has 18 heavy (non-hydrogen) atoms. The lowest BCUT2D eigenvalue weighted by molar-refractivity contribution is -0.384. The van der Waals surface area contributed by atoms with Crippen LogP contribution in [0.15, 0.2) is 22.6 Å². The van der Waals surface area contributed by atoms with Crippen LogP contribution >= 0.6 is 0 Å². The fourth-order valence-electron chi connectivity index (χ4n) is 1.56. The van der Waals surface area contributed by atoms with Gasteiger partial charge in [-0.1, -0.05) is 0 Å². The number of fused-ring (bicyclic) bond motifs is 1. The van der Waals surface area contributed by atoms with Gasteiger partial charge in [0.2, 0.25) is 0 Å². The second-order valence-corrected chi connectivity index (χ2v) is 3.93. The molecular weight excluding hydrogens is 236 g/mol. The number of nitro benzene ring substituents is 1. The highest BCUT2D eigenvalue weighted by molar-refractivity contribution is 5.77. The Labute approximate surface area is 104 Å². The lowest BCUT2D eigenvalue weighted by atomic mass is 10.3. The molecule has 0 aliphatic carbocycles. The summed E-state index contributed by atoms with van der Waals surface area (Å²) in [6, 6.07) is 4.84. The van der Waals surface area contributed by atoms with Gasteiger partial charge in [0.25, 0.3) is 11.7 Å². The van der Waals surface area contributed by atoms with Crippen molar-refractivity contribution in [3.05, 3.63) is 28.3 Å². The number of likely N-dealkylation sites (N-methyl/N-ethyl adjacent to an activating group) is 2. The molecule has 0 aliphatic rings. The Balaban J connectivity index is 2.29. The van der Waals surface area contributed by atoms with E-state index in [1.165, 1.54) is 12.1 Å². The molecule has 1 N–H and O–H groups in total. The van der Waals surface area contributed by atoms with Crippen molar-refractivity contribution in [2.75, 3.05) is 32.1 Å². The minimum Gasteiger partial charge on any atom is -0.423 e. The molecule has 2 rings (SSSR count). The molecule has 0 amide bonds. The SMILES string of the molecule is CNCCN(C)c1nc2cc([N+](=O)[O-])ccc2o1. The van der Waals surface area contributed by atoms with Crippen LogP contribution in [0.25, 0.3) is 11.1 Å². The molecule has 0 bridgehead atoms. The quantitative estimate of drug-likeness (QED) is 0.637. The van der Waals surface area contributed by atoms with Crippen molar-refractivity contribution < 1.29 is 9.34 Å². The third-order valence-electron chi connectivity index (χ3n) is 2.59. The van der Waals surface area contributed by atoms with E-state index in [0.29, 0.717) is 17.1 Å². The van der Waals surface area contributed by atoms with Gasteiger partial charge in [0.1, 0.15) is 5.52 Å². The molecule has 0 unspecified atom stereocenters. The summed E-state index contributed by atoms with van der Waals surface area (Å²) in [6.07, 6.45) is 0. The third-order valence-corrected chi connectivity index (χ3v) is 2.59. The van der Waals surface area contributed by atoms with Crippen molar-refractivity contribution in [1.29, 1.82) is 0 Å². The number of hydrogen-bond acceptors (Lipinski definition) is 6. The monoisotopic (exact) mass is 250 g/mol. The summed E-state index contributed by atoms with van der Waals surface area (Å²) in [5.74, 6) is 0. The highest BCUT2D eigenvalue weighted by Gasteiger charge is 2.13. The van der Waals surface area contributed by atoms with E-state index in [4.69, 9.17) is 4.42 Å². The van der Waals surface area contributed by atoms with Gasteiger partial charge in [-0.2, -0.15) is 4.98 Å². The van der Waals surface area contributed by atoms with E-state index in [1.54, 1.807) is 6.07 Å². The molecule has 0 saturated carbocycles. The van der Waals surface area contributed by atoms with Gasteiger partial charge in [-0.3, -0.25) is 10.1 Å². The largest absolute Gasteiger partial charge is 0.423 e. The van der Waals surface area contributed by atoms with Gasteiger partial charge in [-0.15, -0.1) is 0 Å². The maximum Gasteiger partial charge on any atom is 0.298 e. The van der Waals surface area contributed by atoms with Gasteiger partial charge in [0.15, 0.2) is 5.58 Å². The third kappa shape index (κ3) is 2.40. The zero-order chi connectivity index (χ0) is 13.1. The molecule has 0 fully saturated rings. The summed E-state index contributed by atoms with van der Waals surface area (Å²) in [7, 11) is 3.72. The molecule has 7 heteroatoms. The standard InChI is InChI=1S/C11H14N4O3/c1-12-5-6-14(2)11-13-9-7-8(15(16)17)3-4-10(9)18-11/h3-4,7,12H,5-6H2,1-2H3. The molecule has 96 valence electrons. The molecule has 1 aromatic carbocycles. The average Bonchev–Trinajstić information content (AvgIpc) is 2.78. The molecule has 0 spiro atoms. The Hall–Kier alpha value is -2.15. The first kappa shape index (κ1) is 12.3. The Bertz CT molecular complexity index is 566. The highest BCUT2D eigenvalue weighted by atomic mass is 16.6. The fourth-order valence-corrected chi connectivity index (χ4v) is 1.56. The molecule has 0 aliphatic heterocycles. The van der Waals surface area contributed by atoms with Gasteiger partial charge in [0.05, 0.1) is 4.92 Å². The lowest BCUT2D eigenvalue weighted by Crippen LogP contribution is -2.27. The van der Waals surface area contributed by atoms with Gasteiger partial charge in [0, 0.05) is 32.3 Å². The summed E-state index contributed by atoms with van der Waals surface area (Å²) in [6.45, 7) is 1.54. The van der Waals surface area contributed by atoms with Gasteiger partial charge in [-0.05, 0) is 13.1 Å². The van der Waals surface area contributed by atoms with Crippen LogP contribution in [0, 0.1) is 10.1 Å². The molecule has 1 aromatic heterocycles. The van der Waals surface area contributed by atoms with Crippen LogP contribution in [-0.2, 0) is 0 Å². The number of rotatable bonds is 5. The van der Waals surface area contributed by atoms with E-state index in [1.807, 2.05) is 19.0 Å².